The molecule has 0 N–H and O–H groups in total. The smallest absolute Gasteiger partial charge is 0.155 e. The molecule has 10 heavy (non-hydrogen) atoms. The Kier molecular flexibility index (Phi) is 6.08. The molecule has 58 valence electrons. The average molecular weight is 142 g/mol. The molecule has 0 amide bonds. The first-order valence-corrected chi connectivity index (χ1v) is 3.49. The lowest BCUT2D eigenvalue weighted by Crippen LogP contribution is -1.91. The maximum atomic E-state index is 10.8. The van der Waals surface area contributed by atoms with Gasteiger partial charge in [0, 0.05) is 13.5 Å². The first-order chi connectivity index (χ1) is 4.81. The quantitative estimate of drug-likeness (QED) is 0.544. The first-order valence-electron chi connectivity index (χ1n) is 3.49. The maximum absolute atomic E-state index is 10.8. The lowest BCUT2D eigenvalue weighted by molar-refractivity contribution is -0.114. The Morgan fingerprint density at radius 2 is 2.30 bits per heavy atom. The van der Waals surface area contributed by atoms with Crippen LogP contribution in [0.2, 0.25) is 0 Å². The van der Waals surface area contributed by atoms with Gasteiger partial charge < -0.3 is 4.74 Å². The van der Waals surface area contributed by atoms with E-state index in [-0.39, 0.29) is 5.78 Å². The molecular formula is C8H14O2. The van der Waals surface area contributed by atoms with Crippen LogP contribution in [0.25, 0.3) is 0 Å². The van der Waals surface area contributed by atoms with Crippen molar-refractivity contribution in [2.45, 2.75) is 19.8 Å². The summed E-state index contributed by atoms with van der Waals surface area (Å²) in [5.41, 5.74) is 0. The summed E-state index contributed by atoms with van der Waals surface area (Å²) in [4.78, 5) is 10.8. The molecule has 0 aliphatic rings. The van der Waals surface area contributed by atoms with Gasteiger partial charge in [-0.15, -0.1) is 0 Å². The van der Waals surface area contributed by atoms with Gasteiger partial charge in [0.2, 0.25) is 0 Å². The molecule has 0 bridgehead atoms. The summed E-state index contributed by atoms with van der Waals surface area (Å²) in [7, 11) is 1.61. The minimum atomic E-state index is 0.180. The van der Waals surface area contributed by atoms with Gasteiger partial charge in [-0.3, -0.25) is 4.79 Å². The van der Waals surface area contributed by atoms with E-state index in [9.17, 15) is 4.79 Å². The largest absolute Gasteiger partial charge is 0.381 e. The van der Waals surface area contributed by atoms with Crippen LogP contribution in [0.1, 0.15) is 19.8 Å². The van der Waals surface area contributed by atoms with E-state index in [1.807, 2.05) is 6.92 Å². The number of methoxy groups -OCH3 is 1. The highest BCUT2D eigenvalue weighted by Crippen LogP contribution is 1.89. The van der Waals surface area contributed by atoms with Crippen molar-refractivity contribution in [1.82, 2.24) is 0 Å². The Labute approximate surface area is 61.9 Å². The summed E-state index contributed by atoms with van der Waals surface area (Å²) < 4.78 is 4.73. The SMILES string of the molecule is CCCC(=O)/C=C/COC. The molecule has 0 aromatic rings. The van der Waals surface area contributed by atoms with E-state index in [2.05, 4.69) is 0 Å². The molecule has 0 rings (SSSR count). The van der Waals surface area contributed by atoms with Crippen LogP contribution in [0.3, 0.4) is 0 Å². The lowest BCUT2D eigenvalue weighted by Gasteiger charge is -1.88. The second-order valence-corrected chi connectivity index (χ2v) is 2.07. The highest BCUT2D eigenvalue weighted by Gasteiger charge is 1.90. The Morgan fingerprint density at radius 1 is 1.60 bits per heavy atom. The van der Waals surface area contributed by atoms with Gasteiger partial charge in [-0.25, -0.2) is 0 Å². The zero-order valence-corrected chi connectivity index (χ0v) is 6.59. The molecule has 0 saturated heterocycles. The van der Waals surface area contributed by atoms with E-state index in [1.54, 1.807) is 19.3 Å². The van der Waals surface area contributed by atoms with E-state index in [4.69, 9.17) is 4.74 Å². The second kappa shape index (κ2) is 6.49. The van der Waals surface area contributed by atoms with Crippen molar-refractivity contribution >= 4 is 5.78 Å². The van der Waals surface area contributed by atoms with Crippen molar-refractivity contribution in [3.8, 4) is 0 Å². The van der Waals surface area contributed by atoms with E-state index in [0.717, 1.165) is 6.42 Å². The molecule has 0 unspecified atom stereocenters. The third-order valence-electron chi connectivity index (χ3n) is 1.06. The molecule has 0 radical (unpaired) electrons. The van der Waals surface area contributed by atoms with Crippen LogP contribution in [0.5, 0.6) is 0 Å². The third-order valence-corrected chi connectivity index (χ3v) is 1.06. The van der Waals surface area contributed by atoms with Crippen LogP contribution in [-0.2, 0) is 9.53 Å². The lowest BCUT2D eigenvalue weighted by atomic mass is 10.2. The van der Waals surface area contributed by atoms with Crippen molar-refractivity contribution in [3.05, 3.63) is 12.2 Å². The van der Waals surface area contributed by atoms with Crippen molar-refractivity contribution in [2.75, 3.05) is 13.7 Å². The van der Waals surface area contributed by atoms with Crippen LogP contribution in [0.15, 0.2) is 12.2 Å². The predicted octanol–water partition coefficient (Wildman–Crippen LogP) is 1.56. The van der Waals surface area contributed by atoms with Gasteiger partial charge in [-0.05, 0) is 12.5 Å². The zero-order valence-electron chi connectivity index (χ0n) is 6.59. The maximum Gasteiger partial charge on any atom is 0.155 e. The average Bonchev–Trinajstić information content (AvgIpc) is 1.89. The standard InChI is InChI=1S/C8H14O2/c1-3-5-8(9)6-4-7-10-2/h4,6H,3,5,7H2,1-2H3/b6-4+. The van der Waals surface area contributed by atoms with Gasteiger partial charge in [0.15, 0.2) is 5.78 Å². The van der Waals surface area contributed by atoms with Gasteiger partial charge in [0.1, 0.15) is 0 Å². The topological polar surface area (TPSA) is 26.3 Å². The molecule has 0 aromatic heterocycles. The fourth-order valence-electron chi connectivity index (χ4n) is 0.606. The molecule has 0 aromatic carbocycles. The second-order valence-electron chi connectivity index (χ2n) is 2.07. The van der Waals surface area contributed by atoms with E-state index >= 15 is 0 Å². The fraction of sp³-hybridized carbons (Fsp3) is 0.625. The number of carbonyl (C=O) groups is 1. The number of ether oxygens (including phenoxy) is 1. The third kappa shape index (κ3) is 5.51. The minimum Gasteiger partial charge on any atom is -0.381 e. The molecule has 0 atom stereocenters. The van der Waals surface area contributed by atoms with Crippen molar-refractivity contribution in [2.24, 2.45) is 0 Å². The minimum absolute atomic E-state index is 0.180. The molecule has 0 spiro atoms. The molecule has 0 fully saturated rings. The predicted molar refractivity (Wildman–Crippen MR) is 40.9 cm³/mol. The van der Waals surface area contributed by atoms with E-state index in [1.165, 1.54) is 0 Å². The summed E-state index contributed by atoms with van der Waals surface area (Å²) in [5.74, 6) is 0.180. The van der Waals surface area contributed by atoms with Crippen LogP contribution in [-0.4, -0.2) is 19.5 Å². The molecule has 2 nitrogen and oxygen atoms in total. The monoisotopic (exact) mass is 142 g/mol. The normalized spacial score (nSPS) is 10.6. The Morgan fingerprint density at radius 3 is 2.80 bits per heavy atom. The summed E-state index contributed by atoms with van der Waals surface area (Å²) in [6.45, 7) is 2.51. The van der Waals surface area contributed by atoms with Crippen LogP contribution < -0.4 is 0 Å². The number of hydrogen-bond acceptors (Lipinski definition) is 2. The summed E-state index contributed by atoms with van der Waals surface area (Å²) >= 11 is 0. The molecule has 0 aliphatic carbocycles. The van der Waals surface area contributed by atoms with Crippen LogP contribution in [0.4, 0.5) is 0 Å². The van der Waals surface area contributed by atoms with Gasteiger partial charge in [-0.1, -0.05) is 13.0 Å². The zero-order chi connectivity index (χ0) is 7.82. The molecule has 2 heteroatoms. The van der Waals surface area contributed by atoms with Gasteiger partial charge >= 0.3 is 0 Å². The molecule has 0 aliphatic heterocycles. The van der Waals surface area contributed by atoms with Crippen molar-refractivity contribution in [3.63, 3.8) is 0 Å². The number of carbonyl (C=O) groups excluding carboxylic acids is 1. The highest BCUT2D eigenvalue weighted by molar-refractivity contribution is 5.89. The highest BCUT2D eigenvalue weighted by atomic mass is 16.5. The van der Waals surface area contributed by atoms with Crippen molar-refractivity contribution in [1.29, 1.82) is 0 Å². The Bertz CT molecular complexity index is 116. The Hall–Kier alpha value is -0.630. The van der Waals surface area contributed by atoms with Crippen molar-refractivity contribution < 1.29 is 9.53 Å². The van der Waals surface area contributed by atoms with Gasteiger partial charge in [0.25, 0.3) is 0 Å². The summed E-state index contributed by atoms with van der Waals surface area (Å²) in [5, 5.41) is 0. The molecule has 0 heterocycles. The van der Waals surface area contributed by atoms with Gasteiger partial charge in [0.05, 0.1) is 6.61 Å². The fourth-order valence-corrected chi connectivity index (χ4v) is 0.606. The number of hydrogen-bond donors (Lipinski definition) is 0. The number of rotatable bonds is 5. The molecule has 0 saturated carbocycles. The first kappa shape index (κ1) is 9.37. The Balaban J connectivity index is 3.36. The summed E-state index contributed by atoms with van der Waals surface area (Å²) in [6, 6.07) is 0. The number of ketones is 1. The summed E-state index contributed by atoms with van der Waals surface area (Å²) in [6.07, 6.45) is 4.86. The number of allylic oxidation sites excluding steroid dienone is 1. The van der Waals surface area contributed by atoms with Gasteiger partial charge in [-0.2, -0.15) is 0 Å². The van der Waals surface area contributed by atoms with E-state index < -0.39 is 0 Å². The van der Waals surface area contributed by atoms with E-state index in [0.29, 0.717) is 13.0 Å². The molecular weight excluding hydrogens is 128 g/mol. The van der Waals surface area contributed by atoms with Crippen LogP contribution >= 0.6 is 0 Å². The van der Waals surface area contributed by atoms with Crippen LogP contribution in [0, 0.1) is 0 Å².